The molecule has 0 heterocycles. The Balaban J connectivity index is 1.69. The number of carbonyl (C=O) groups is 1. The SMILES string of the molecule is CC(C)(C)OC(=O)C[C@]1(C[N+](=O)[O-])C[C@@H]2CC(CC3CC3)=C[C@@H]21. The van der Waals surface area contributed by atoms with Crippen LogP contribution >= 0.6 is 0 Å². The lowest BCUT2D eigenvalue weighted by molar-refractivity contribution is -0.506. The number of ether oxygens (including phenoxy) is 1. The van der Waals surface area contributed by atoms with E-state index in [4.69, 9.17) is 4.74 Å². The van der Waals surface area contributed by atoms with Gasteiger partial charge in [-0.3, -0.25) is 14.9 Å². The Morgan fingerprint density at radius 3 is 2.70 bits per heavy atom. The van der Waals surface area contributed by atoms with Crippen LogP contribution in [-0.2, 0) is 9.53 Å². The van der Waals surface area contributed by atoms with Crippen LogP contribution in [0, 0.1) is 33.3 Å². The number of fused-ring (bicyclic) bond motifs is 1. The second-order valence-electron chi connectivity index (χ2n) is 8.78. The summed E-state index contributed by atoms with van der Waals surface area (Å²) in [5, 5.41) is 11.2. The van der Waals surface area contributed by atoms with Gasteiger partial charge in [0.05, 0.1) is 11.8 Å². The average Bonchev–Trinajstić information content (AvgIpc) is 3.08. The second-order valence-corrected chi connectivity index (χ2v) is 8.78. The Morgan fingerprint density at radius 2 is 2.13 bits per heavy atom. The molecule has 5 nitrogen and oxygen atoms in total. The van der Waals surface area contributed by atoms with Crippen molar-refractivity contribution in [2.45, 2.75) is 64.9 Å². The van der Waals surface area contributed by atoms with E-state index in [1.54, 1.807) is 0 Å². The molecule has 3 aliphatic rings. The topological polar surface area (TPSA) is 69.4 Å². The maximum Gasteiger partial charge on any atom is 0.307 e. The molecule has 23 heavy (non-hydrogen) atoms. The predicted molar refractivity (Wildman–Crippen MR) is 86.4 cm³/mol. The van der Waals surface area contributed by atoms with Gasteiger partial charge < -0.3 is 4.74 Å². The van der Waals surface area contributed by atoms with Gasteiger partial charge in [0.15, 0.2) is 0 Å². The Labute approximate surface area is 137 Å². The van der Waals surface area contributed by atoms with Crippen LogP contribution in [0.25, 0.3) is 0 Å². The lowest BCUT2D eigenvalue weighted by Gasteiger charge is -2.49. The fourth-order valence-electron chi connectivity index (χ4n) is 4.48. The average molecular weight is 321 g/mol. The third kappa shape index (κ3) is 3.75. The monoisotopic (exact) mass is 321 g/mol. The predicted octanol–water partition coefficient (Wildman–Crippen LogP) is 3.75. The molecule has 2 fully saturated rings. The number of allylic oxidation sites excluding steroid dienone is 2. The molecule has 0 saturated heterocycles. The molecule has 3 aliphatic carbocycles. The van der Waals surface area contributed by atoms with Crippen LogP contribution in [0.1, 0.15) is 59.3 Å². The maximum atomic E-state index is 12.2. The first-order valence-electron chi connectivity index (χ1n) is 8.70. The summed E-state index contributed by atoms with van der Waals surface area (Å²) in [6, 6.07) is 0. The Morgan fingerprint density at radius 1 is 1.43 bits per heavy atom. The van der Waals surface area contributed by atoms with Crippen molar-refractivity contribution in [3.63, 3.8) is 0 Å². The Hall–Kier alpha value is -1.39. The molecule has 3 atom stereocenters. The molecular formula is C18H27NO4. The highest BCUT2D eigenvalue weighted by atomic mass is 16.6. The minimum absolute atomic E-state index is 0.124. The molecule has 0 unspecified atom stereocenters. The molecule has 0 N–H and O–H groups in total. The van der Waals surface area contributed by atoms with Crippen LogP contribution < -0.4 is 0 Å². The molecule has 0 bridgehead atoms. The minimum Gasteiger partial charge on any atom is -0.460 e. The van der Waals surface area contributed by atoms with Crippen molar-refractivity contribution in [1.29, 1.82) is 0 Å². The molecular weight excluding hydrogens is 294 g/mol. The first kappa shape index (κ1) is 16.5. The van der Waals surface area contributed by atoms with E-state index in [0.29, 0.717) is 5.92 Å². The van der Waals surface area contributed by atoms with Crippen LogP contribution in [0.15, 0.2) is 11.6 Å². The zero-order chi connectivity index (χ0) is 16.8. The summed E-state index contributed by atoms with van der Waals surface area (Å²) in [6.45, 7) is 5.37. The van der Waals surface area contributed by atoms with Gasteiger partial charge in [0.1, 0.15) is 5.60 Å². The lowest BCUT2D eigenvalue weighted by atomic mass is 9.53. The number of nitrogens with zero attached hydrogens (tertiary/aromatic N) is 1. The second kappa shape index (κ2) is 5.60. The largest absolute Gasteiger partial charge is 0.460 e. The van der Waals surface area contributed by atoms with Gasteiger partial charge in [0.25, 0.3) is 0 Å². The summed E-state index contributed by atoms with van der Waals surface area (Å²) in [6.07, 6.45) is 8.10. The van der Waals surface area contributed by atoms with Gasteiger partial charge in [-0.15, -0.1) is 0 Å². The first-order valence-corrected chi connectivity index (χ1v) is 8.70. The smallest absolute Gasteiger partial charge is 0.307 e. The van der Waals surface area contributed by atoms with Crippen LogP contribution in [0.2, 0.25) is 0 Å². The first-order chi connectivity index (χ1) is 10.7. The van der Waals surface area contributed by atoms with E-state index in [1.165, 1.54) is 18.4 Å². The van der Waals surface area contributed by atoms with Gasteiger partial charge in [0.2, 0.25) is 6.54 Å². The highest BCUT2D eigenvalue weighted by molar-refractivity contribution is 5.71. The zero-order valence-corrected chi connectivity index (χ0v) is 14.3. The summed E-state index contributed by atoms with van der Waals surface area (Å²) in [5.74, 6) is 1.23. The lowest BCUT2D eigenvalue weighted by Crippen LogP contribution is -2.51. The van der Waals surface area contributed by atoms with Crippen LogP contribution in [0.5, 0.6) is 0 Å². The summed E-state index contributed by atoms with van der Waals surface area (Å²) in [7, 11) is 0. The van der Waals surface area contributed by atoms with Crippen molar-refractivity contribution in [1.82, 2.24) is 0 Å². The van der Waals surface area contributed by atoms with Gasteiger partial charge in [-0.05, 0) is 70.6 Å². The van der Waals surface area contributed by atoms with E-state index in [-0.39, 0.29) is 29.8 Å². The number of nitro groups is 1. The molecule has 0 aromatic rings. The summed E-state index contributed by atoms with van der Waals surface area (Å²) < 4.78 is 5.42. The van der Waals surface area contributed by atoms with Crippen molar-refractivity contribution in [3.8, 4) is 0 Å². The van der Waals surface area contributed by atoms with E-state index >= 15 is 0 Å². The van der Waals surface area contributed by atoms with Crippen molar-refractivity contribution in [2.75, 3.05) is 6.54 Å². The summed E-state index contributed by atoms with van der Waals surface area (Å²) in [4.78, 5) is 23.1. The molecule has 128 valence electrons. The van der Waals surface area contributed by atoms with E-state index in [2.05, 4.69) is 6.08 Å². The van der Waals surface area contributed by atoms with E-state index in [9.17, 15) is 14.9 Å². The fourth-order valence-corrected chi connectivity index (χ4v) is 4.48. The molecule has 0 aliphatic heterocycles. The molecule has 3 rings (SSSR count). The standard InChI is InChI=1S/C18H27NO4/c1-17(2,3)23-16(20)10-18(11-19(21)22)9-14-7-13(8-15(14)18)6-12-4-5-12/h8,12,14-15H,4-7,9-11H2,1-3H3/t14-,15-,18-/m0/s1. The van der Waals surface area contributed by atoms with Gasteiger partial charge >= 0.3 is 5.97 Å². The van der Waals surface area contributed by atoms with Crippen LogP contribution in [0.3, 0.4) is 0 Å². The molecule has 0 radical (unpaired) electrons. The van der Waals surface area contributed by atoms with Crippen molar-refractivity contribution >= 4 is 5.97 Å². The number of hydrogen-bond acceptors (Lipinski definition) is 4. The van der Waals surface area contributed by atoms with Crippen molar-refractivity contribution in [3.05, 3.63) is 21.8 Å². The van der Waals surface area contributed by atoms with Crippen molar-refractivity contribution < 1.29 is 14.5 Å². The molecule has 5 heteroatoms. The maximum absolute atomic E-state index is 12.2. The van der Waals surface area contributed by atoms with E-state index < -0.39 is 11.0 Å². The Bertz CT molecular complexity index is 544. The number of carbonyl (C=O) groups excluding carboxylic acids is 1. The van der Waals surface area contributed by atoms with Gasteiger partial charge in [-0.2, -0.15) is 0 Å². The molecule has 0 aromatic carbocycles. The molecule has 0 amide bonds. The number of rotatable bonds is 6. The van der Waals surface area contributed by atoms with Gasteiger partial charge in [-0.1, -0.05) is 11.6 Å². The summed E-state index contributed by atoms with van der Waals surface area (Å²) in [5.41, 5.74) is 0.400. The molecule has 0 spiro atoms. The third-order valence-electron chi connectivity index (χ3n) is 5.43. The third-order valence-corrected chi connectivity index (χ3v) is 5.43. The van der Waals surface area contributed by atoms with Crippen LogP contribution in [0.4, 0.5) is 0 Å². The van der Waals surface area contributed by atoms with E-state index in [1.807, 2.05) is 20.8 Å². The molecule has 2 saturated carbocycles. The van der Waals surface area contributed by atoms with Gasteiger partial charge in [0, 0.05) is 4.92 Å². The normalized spacial score (nSPS) is 32.7. The zero-order valence-electron chi connectivity index (χ0n) is 14.3. The minimum atomic E-state index is -0.543. The summed E-state index contributed by atoms with van der Waals surface area (Å²) >= 11 is 0. The fraction of sp³-hybridized carbons (Fsp3) is 0.833. The van der Waals surface area contributed by atoms with Gasteiger partial charge in [-0.25, -0.2) is 0 Å². The highest BCUT2D eigenvalue weighted by Crippen LogP contribution is 2.61. The Kier molecular flexibility index (Phi) is 4.01. The van der Waals surface area contributed by atoms with Crippen molar-refractivity contribution in [2.24, 2.45) is 23.2 Å². The number of esters is 1. The van der Waals surface area contributed by atoms with E-state index in [0.717, 1.165) is 25.2 Å². The highest BCUT2D eigenvalue weighted by Gasteiger charge is 2.59. The van der Waals surface area contributed by atoms with Crippen LogP contribution in [-0.4, -0.2) is 23.0 Å². The molecule has 0 aromatic heterocycles. The number of hydrogen-bond donors (Lipinski definition) is 0. The quantitative estimate of drug-likeness (QED) is 0.323.